The lowest BCUT2D eigenvalue weighted by atomic mass is 9.87. The predicted molar refractivity (Wildman–Crippen MR) is 97.6 cm³/mol. The van der Waals surface area contributed by atoms with Crippen molar-refractivity contribution < 1.29 is 19.4 Å². The van der Waals surface area contributed by atoms with E-state index < -0.39 is 11.5 Å². The van der Waals surface area contributed by atoms with Gasteiger partial charge in [0.05, 0.1) is 31.8 Å². The third-order valence-electron chi connectivity index (χ3n) is 5.43. The summed E-state index contributed by atoms with van der Waals surface area (Å²) in [6.07, 6.45) is 0.784. The Morgan fingerprint density at radius 3 is 2.81 bits per heavy atom. The van der Waals surface area contributed by atoms with Crippen LogP contribution in [0.3, 0.4) is 0 Å². The minimum absolute atomic E-state index is 0.0221. The molecule has 3 rings (SSSR count). The van der Waals surface area contributed by atoms with E-state index in [1.165, 1.54) is 0 Å². The molecule has 0 bridgehead atoms. The molecule has 0 aromatic heterocycles. The van der Waals surface area contributed by atoms with E-state index >= 15 is 0 Å². The molecule has 2 unspecified atom stereocenters. The van der Waals surface area contributed by atoms with Crippen LogP contribution in [0.4, 0.5) is 10.5 Å². The van der Waals surface area contributed by atoms with Gasteiger partial charge in [0.15, 0.2) is 0 Å². The molecule has 0 saturated carbocycles. The number of nitrogens with one attached hydrogen (secondary N) is 2. The number of carbonyl (C=O) groups is 2. The summed E-state index contributed by atoms with van der Waals surface area (Å²) in [5, 5.41) is 15.4. The van der Waals surface area contributed by atoms with Gasteiger partial charge in [-0.1, -0.05) is 38.5 Å². The van der Waals surface area contributed by atoms with Crippen molar-refractivity contribution in [2.45, 2.75) is 32.9 Å². The fourth-order valence-corrected chi connectivity index (χ4v) is 3.40. The number of ether oxygens (including phenoxy) is 1. The van der Waals surface area contributed by atoms with E-state index in [-0.39, 0.29) is 24.5 Å². The van der Waals surface area contributed by atoms with E-state index in [1.54, 1.807) is 4.90 Å². The highest BCUT2D eigenvalue weighted by Crippen LogP contribution is 2.28. The van der Waals surface area contributed by atoms with Crippen LogP contribution >= 0.6 is 0 Å². The fraction of sp³-hybridized carbons (Fsp3) is 0.579. The number of anilines is 1. The number of benzene rings is 1. The number of nitrogens with zero attached hydrogens (tertiary/aromatic N) is 1. The minimum Gasteiger partial charge on any atom is -0.396 e. The molecule has 7 nitrogen and oxygen atoms in total. The normalized spacial score (nSPS) is 22.5. The van der Waals surface area contributed by atoms with E-state index in [4.69, 9.17) is 4.74 Å². The zero-order chi connectivity index (χ0) is 18.7. The molecule has 2 aliphatic heterocycles. The molecule has 1 saturated heterocycles. The topological polar surface area (TPSA) is 90.9 Å². The molecular formula is C19H27N3O4. The Hall–Kier alpha value is -2.12. The van der Waals surface area contributed by atoms with Gasteiger partial charge in [0.25, 0.3) is 0 Å². The van der Waals surface area contributed by atoms with Crippen molar-refractivity contribution in [3.05, 3.63) is 29.8 Å². The molecule has 3 N–H and O–H groups in total. The number of amides is 3. The number of hydrogen-bond donors (Lipinski definition) is 3. The molecule has 142 valence electrons. The second kappa shape index (κ2) is 7.63. The third-order valence-corrected chi connectivity index (χ3v) is 5.43. The van der Waals surface area contributed by atoms with Gasteiger partial charge in [-0.05, 0) is 17.5 Å². The van der Waals surface area contributed by atoms with Crippen molar-refractivity contribution in [2.24, 2.45) is 11.3 Å². The summed E-state index contributed by atoms with van der Waals surface area (Å²) in [4.78, 5) is 27.4. The highest BCUT2D eigenvalue weighted by Gasteiger charge is 2.40. The molecule has 1 fully saturated rings. The van der Waals surface area contributed by atoms with Crippen molar-refractivity contribution in [2.75, 3.05) is 31.7 Å². The van der Waals surface area contributed by atoms with Gasteiger partial charge in [-0.25, -0.2) is 4.79 Å². The highest BCUT2D eigenvalue weighted by molar-refractivity contribution is 5.98. The second-order valence-electron chi connectivity index (χ2n) is 7.41. The van der Waals surface area contributed by atoms with Gasteiger partial charge in [-0.3, -0.25) is 4.79 Å². The van der Waals surface area contributed by atoms with E-state index in [2.05, 4.69) is 10.6 Å². The molecule has 1 aromatic carbocycles. The smallest absolute Gasteiger partial charge is 0.318 e. The predicted octanol–water partition coefficient (Wildman–Crippen LogP) is 1.57. The maximum absolute atomic E-state index is 13.0. The van der Waals surface area contributed by atoms with Crippen LogP contribution in [-0.4, -0.2) is 54.4 Å². The van der Waals surface area contributed by atoms with Crippen LogP contribution in [0.25, 0.3) is 0 Å². The molecule has 2 atom stereocenters. The summed E-state index contributed by atoms with van der Waals surface area (Å²) in [6, 6.07) is 6.71. The lowest BCUT2D eigenvalue weighted by Gasteiger charge is -2.40. The van der Waals surface area contributed by atoms with E-state index in [0.717, 1.165) is 17.7 Å². The first kappa shape index (κ1) is 18.7. The summed E-state index contributed by atoms with van der Waals surface area (Å²) >= 11 is 0. The molecule has 2 aliphatic rings. The van der Waals surface area contributed by atoms with Crippen molar-refractivity contribution >= 4 is 17.6 Å². The quantitative estimate of drug-likeness (QED) is 0.743. The van der Waals surface area contributed by atoms with Gasteiger partial charge in [0.1, 0.15) is 6.04 Å². The minimum atomic E-state index is -0.546. The molecule has 0 aliphatic carbocycles. The largest absolute Gasteiger partial charge is 0.396 e. The van der Waals surface area contributed by atoms with Gasteiger partial charge in [0.2, 0.25) is 5.91 Å². The fourth-order valence-electron chi connectivity index (χ4n) is 3.40. The van der Waals surface area contributed by atoms with Crippen LogP contribution in [0.2, 0.25) is 0 Å². The van der Waals surface area contributed by atoms with E-state index in [1.807, 2.05) is 38.1 Å². The maximum atomic E-state index is 13.0. The zero-order valence-electron chi connectivity index (χ0n) is 15.3. The van der Waals surface area contributed by atoms with Crippen LogP contribution in [0, 0.1) is 11.3 Å². The number of rotatable bonds is 5. The van der Waals surface area contributed by atoms with Crippen LogP contribution in [0.15, 0.2) is 24.3 Å². The number of urea groups is 1. The molecule has 26 heavy (non-hydrogen) atoms. The highest BCUT2D eigenvalue weighted by atomic mass is 16.5. The van der Waals surface area contributed by atoms with Crippen molar-refractivity contribution in [3.8, 4) is 0 Å². The number of aliphatic hydroxyl groups is 1. The van der Waals surface area contributed by atoms with Crippen molar-refractivity contribution in [1.29, 1.82) is 0 Å². The summed E-state index contributed by atoms with van der Waals surface area (Å²) in [6.45, 7) is 5.51. The third kappa shape index (κ3) is 3.54. The lowest BCUT2D eigenvalue weighted by Crippen LogP contribution is -2.57. The zero-order valence-corrected chi connectivity index (χ0v) is 15.3. The second-order valence-corrected chi connectivity index (χ2v) is 7.41. The number of hydrogen-bond acceptors (Lipinski definition) is 4. The Kier molecular flexibility index (Phi) is 5.48. The molecule has 7 heteroatoms. The standard InChI is InChI=1S/C19H27N3O4/c1-3-13(2)16-17(24)21-15-7-5-4-6-14(15)8-22(16)18(25)20-9-19(10-23)11-26-12-19/h4-7,13,16,23H,3,8-12H2,1-2H3,(H,20,25)(H,21,24). The monoisotopic (exact) mass is 361 g/mol. The summed E-state index contributed by atoms with van der Waals surface area (Å²) in [5.74, 6) is -0.141. The van der Waals surface area contributed by atoms with Gasteiger partial charge >= 0.3 is 6.03 Å². The molecule has 0 spiro atoms. The summed E-state index contributed by atoms with van der Waals surface area (Å²) < 4.78 is 5.18. The van der Waals surface area contributed by atoms with Crippen LogP contribution < -0.4 is 10.6 Å². The van der Waals surface area contributed by atoms with Crippen molar-refractivity contribution in [3.63, 3.8) is 0 Å². The number of para-hydroxylation sites is 1. The maximum Gasteiger partial charge on any atom is 0.318 e. The van der Waals surface area contributed by atoms with Crippen LogP contribution in [0.5, 0.6) is 0 Å². The Balaban J connectivity index is 1.82. The Bertz CT molecular complexity index is 669. The summed E-state index contributed by atoms with van der Waals surface area (Å²) in [7, 11) is 0. The van der Waals surface area contributed by atoms with Gasteiger partial charge in [0, 0.05) is 12.2 Å². The van der Waals surface area contributed by atoms with Crippen molar-refractivity contribution in [1.82, 2.24) is 10.2 Å². The van der Waals surface area contributed by atoms with Gasteiger partial charge < -0.3 is 25.4 Å². The van der Waals surface area contributed by atoms with Gasteiger partial charge in [-0.2, -0.15) is 0 Å². The Morgan fingerprint density at radius 1 is 1.46 bits per heavy atom. The lowest BCUT2D eigenvalue weighted by molar-refractivity contribution is -0.133. The van der Waals surface area contributed by atoms with Gasteiger partial charge in [-0.15, -0.1) is 0 Å². The first-order valence-corrected chi connectivity index (χ1v) is 9.11. The number of fused-ring (bicyclic) bond motifs is 1. The SMILES string of the molecule is CCC(C)C1C(=O)Nc2ccccc2CN1C(=O)NCC1(CO)COC1. The molecule has 3 amide bonds. The van der Waals surface area contributed by atoms with Crippen LogP contribution in [0.1, 0.15) is 25.8 Å². The molecule has 2 heterocycles. The average Bonchev–Trinajstić information content (AvgIpc) is 2.76. The Labute approximate surface area is 153 Å². The van der Waals surface area contributed by atoms with E-state index in [0.29, 0.717) is 26.3 Å². The molecule has 0 radical (unpaired) electrons. The van der Waals surface area contributed by atoms with E-state index in [9.17, 15) is 14.7 Å². The first-order valence-electron chi connectivity index (χ1n) is 9.11. The first-order chi connectivity index (χ1) is 12.5. The molecular weight excluding hydrogens is 334 g/mol. The molecule has 1 aromatic rings. The Morgan fingerprint density at radius 2 is 2.19 bits per heavy atom. The average molecular weight is 361 g/mol. The number of aliphatic hydroxyl groups excluding tert-OH is 1. The number of carbonyl (C=O) groups excluding carboxylic acids is 2. The summed E-state index contributed by atoms with van der Waals surface area (Å²) in [5.41, 5.74) is 1.25. The van der Waals surface area contributed by atoms with Crippen LogP contribution in [-0.2, 0) is 16.1 Å².